The molecular formula is C21H25N4O4+. The van der Waals surface area contributed by atoms with Gasteiger partial charge in [-0.2, -0.15) is 0 Å². The van der Waals surface area contributed by atoms with Gasteiger partial charge < -0.3 is 10.1 Å². The van der Waals surface area contributed by atoms with Crippen molar-refractivity contribution in [1.29, 1.82) is 0 Å². The predicted molar refractivity (Wildman–Crippen MR) is 106 cm³/mol. The van der Waals surface area contributed by atoms with E-state index in [-0.39, 0.29) is 18.0 Å². The first-order chi connectivity index (χ1) is 14.0. The van der Waals surface area contributed by atoms with Gasteiger partial charge in [-0.05, 0) is 24.6 Å². The van der Waals surface area contributed by atoms with Crippen LogP contribution in [0.15, 0.2) is 23.0 Å². The molecule has 0 aliphatic carbocycles. The zero-order valence-electron chi connectivity index (χ0n) is 16.4. The van der Waals surface area contributed by atoms with Crippen LogP contribution < -0.4 is 16.3 Å². The quantitative estimate of drug-likeness (QED) is 0.534. The maximum Gasteiger partial charge on any atom is 0.329 e. The summed E-state index contributed by atoms with van der Waals surface area (Å²) in [6, 6.07) is 4.82. The Balaban J connectivity index is 1.55. The number of carbonyl (C=O) groups is 2. The molecule has 4 rings (SSSR count). The Morgan fingerprint density at radius 2 is 1.97 bits per heavy atom. The van der Waals surface area contributed by atoms with Gasteiger partial charge in [-0.3, -0.25) is 24.0 Å². The molecule has 3 N–H and O–H groups in total. The Morgan fingerprint density at radius 3 is 2.72 bits per heavy atom. The van der Waals surface area contributed by atoms with E-state index < -0.39 is 11.9 Å². The van der Waals surface area contributed by atoms with E-state index in [0.717, 1.165) is 31.5 Å². The number of carbonyl (C=O) groups excluding carboxylic acids is 2. The first-order valence-electron chi connectivity index (χ1n) is 10.0. The van der Waals surface area contributed by atoms with Gasteiger partial charge in [0.15, 0.2) is 0 Å². The van der Waals surface area contributed by atoms with Gasteiger partial charge in [-0.1, -0.05) is 11.8 Å². The van der Waals surface area contributed by atoms with Crippen molar-refractivity contribution in [2.75, 3.05) is 19.7 Å². The second-order valence-electron chi connectivity index (χ2n) is 7.56. The van der Waals surface area contributed by atoms with E-state index in [4.69, 9.17) is 4.74 Å². The van der Waals surface area contributed by atoms with Gasteiger partial charge in [0.2, 0.25) is 11.8 Å². The summed E-state index contributed by atoms with van der Waals surface area (Å²) in [7, 11) is 1.67. The third-order valence-corrected chi connectivity index (χ3v) is 5.62. The van der Waals surface area contributed by atoms with Crippen LogP contribution in [0.2, 0.25) is 0 Å². The highest BCUT2D eigenvalue weighted by Crippen LogP contribution is 2.23. The van der Waals surface area contributed by atoms with Crippen molar-refractivity contribution in [3.05, 3.63) is 34.2 Å². The van der Waals surface area contributed by atoms with Gasteiger partial charge in [0.1, 0.15) is 12.6 Å². The molecule has 1 aromatic heterocycles. The Bertz CT molecular complexity index is 1070. The van der Waals surface area contributed by atoms with E-state index in [1.54, 1.807) is 7.05 Å². The number of aromatic nitrogens is 2. The Morgan fingerprint density at radius 1 is 1.17 bits per heavy atom. The number of nitrogens with one attached hydrogen (secondary N) is 1. The predicted octanol–water partition coefficient (Wildman–Crippen LogP) is -0.588. The van der Waals surface area contributed by atoms with Gasteiger partial charge in [-0.25, -0.2) is 4.79 Å². The first kappa shape index (κ1) is 19.4. The summed E-state index contributed by atoms with van der Waals surface area (Å²) >= 11 is 0. The van der Waals surface area contributed by atoms with Crippen LogP contribution in [0.5, 0.6) is 0 Å². The number of nitrogens with zero attached hydrogens (tertiary/aromatic N) is 2. The monoisotopic (exact) mass is 397 g/mol. The molecule has 2 saturated heterocycles. The molecule has 2 aliphatic rings. The van der Waals surface area contributed by atoms with Crippen molar-refractivity contribution in [2.45, 2.75) is 37.8 Å². The maximum atomic E-state index is 12.8. The minimum Gasteiger partial charge on any atom is -0.365 e. The average molecular weight is 397 g/mol. The van der Waals surface area contributed by atoms with Crippen molar-refractivity contribution in [2.24, 2.45) is 7.05 Å². The SMILES string of the molecule is Cn1c(=O)n(C2CCC(=O)NC2=O)c2ccc(C#CCOC3CC[NH2+]CC3)cc21. The lowest BCUT2D eigenvalue weighted by atomic mass is 10.1. The summed E-state index contributed by atoms with van der Waals surface area (Å²) in [6.07, 6.45) is 2.96. The van der Waals surface area contributed by atoms with Crippen molar-refractivity contribution in [1.82, 2.24) is 14.5 Å². The highest BCUT2D eigenvalue weighted by Gasteiger charge is 2.31. The van der Waals surface area contributed by atoms with E-state index in [2.05, 4.69) is 22.5 Å². The summed E-state index contributed by atoms with van der Waals surface area (Å²) in [5.74, 6) is 5.41. The van der Waals surface area contributed by atoms with Gasteiger partial charge >= 0.3 is 5.69 Å². The number of fused-ring (bicyclic) bond motifs is 1. The van der Waals surface area contributed by atoms with E-state index >= 15 is 0 Å². The first-order valence-corrected chi connectivity index (χ1v) is 10.0. The molecule has 2 amide bonds. The van der Waals surface area contributed by atoms with Crippen molar-refractivity contribution in [3.8, 4) is 11.8 Å². The lowest BCUT2D eigenvalue weighted by Crippen LogP contribution is -2.86. The number of nitrogens with two attached hydrogens (primary N) is 1. The molecular weight excluding hydrogens is 372 g/mol. The van der Waals surface area contributed by atoms with Crippen molar-refractivity contribution < 1.29 is 19.6 Å². The van der Waals surface area contributed by atoms with E-state index in [9.17, 15) is 14.4 Å². The number of aryl methyl sites for hydroxylation is 1. The highest BCUT2D eigenvalue weighted by molar-refractivity contribution is 6.00. The zero-order valence-corrected chi connectivity index (χ0v) is 16.4. The van der Waals surface area contributed by atoms with Crippen molar-refractivity contribution in [3.63, 3.8) is 0 Å². The van der Waals surface area contributed by atoms with Crippen LogP contribution in [-0.4, -0.2) is 46.7 Å². The second kappa shape index (κ2) is 8.23. The third-order valence-electron chi connectivity index (χ3n) is 5.62. The fourth-order valence-corrected chi connectivity index (χ4v) is 4.03. The number of piperidine rings is 2. The number of ether oxygens (including phenoxy) is 1. The van der Waals surface area contributed by atoms with Gasteiger partial charge in [0.05, 0.1) is 30.2 Å². The minimum absolute atomic E-state index is 0.224. The molecule has 3 heterocycles. The Kier molecular flexibility index (Phi) is 5.51. The molecule has 1 unspecified atom stereocenters. The number of amides is 2. The molecule has 152 valence electrons. The lowest BCUT2D eigenvalue weighted by molar-refractivity contribution is -0.665. The third kappa shape index (κ3) is 3.97. The summed E-state index contributed by atoms with van der Waals surface area (Å²) in [5, 5.41) is 4.61. The number of rotatable bonds is 3. The van der Waals surface area contributed by atoms with Crippen LogP contribution in [0, 0.1) is 11.8 Å². The van der Waals surface area contributed by atoms with Crippen LogP contribution in [0.25, 0.3) is 11.0 Å². The molecule has 2 aliphatic heterocycles. The molecule has 0 spiro atoms. The molecule has 0 radical (unpaired) electrons. The van der Waals surface area contributed by atoms with Crippen LogP contribution in [0.3, 0.4) is 0 Å². The van der Waals surface area contributed by atoms with Crippen LogP contribution in [-0.2, 0) is 21.4 Å². The fourth-order valence-electron chi connectivity index (χ4n) is 4.03. The highest BCUT2D eigenvalue weighted by atomic mass is 16.5. The lowest BCUT2D eigenvalue weighted by Gasteiger charge is -2.21. The molecule has 8 nitrogen and oxygen atoms in total. The second-order valence-corrected chi connectivity index (χ2v) is 7.56. The van der Waals surface area contributed by atoms with Gasteiger partial charge in [-0.15, -0.1) is 0 Å². The van der Waals surface area contributed by atoms with Crippen LogP contribution >= 0.6 is 0 Å². The number of hydrogen-bond acceptors (Lipinski definition) is 4. The van der Waals surface area contributed by atoms with E-state index in [1.165, 1.54) is 9.13 Å². The standard InChI is InChI=1S/C21H24N4O4/c1-24-18-13-14(3-2-12-29-15-8-10-22-11-9-15)4-5-16(18)25(21(24)28)17-6-7-19(26)23-20(17)27/h4-5,13,15,17,22H,6-12H2,1H3,(H,23,26,27)/p+1. The van der Waals surface area contributed by atoms with Gasteiger partial charge in [0.25, 0.3) is 0 Å². The molecule has 1 aromatic carbocycles. The average Bonchev–Trinajstić information content (AvgIpc) is 2.97. The van der Waals surface area contributed by atoms with E-state index in [1.807, 2.05) is 18.2 Å². The number of hydrogen-bond donors (Lipinski definition) is 2. The maximum absolute atomic E-state index is 12.8. The summed E-state index contributed by atoms with van der Waals surface area (Å²) in [6.45, 7) is 2.60. The largest absolute Gasteiger partial charge is 0.365 e. The normalized spacial score (nSPS) is 20.4. The Hall–Kier alpha value is -2.89. The number of imidazole rings is 1. The summed E-state index contributed by atoms with van der Waals surface area (Å²) < 4.78 is 8.80. The molecule has 0 bridgehead atoms. The van der Waals surface area contributed by atoms with Crippen LogP contribution in [0.4, 0.5) is 0 Å². The molecule has 2 fully saturated rings. The van der Waals surface area contributed by atoms with Crippen LogP contribution in [0.1, 0.15) is 37.3 Å². The molecule has 2 aromatic rings. The van der Waals surface area contributed by atoms with Crippen molar-refractivity contribution >= 4 is 22.8 Å². The van der Waals surface area contributed by atoms with E-state index in [0.29, 0.717) is 30.2 Å². The zero-order chi connectivity index (χ0) is 20.4. The molecule has 1 atom stereocenters. The number of quaternary nitrogens is 1. The summed E-state index contributed by atoms with van der Waals surface area (Å²) in [4.78, 5) is 36.4. The topological polar surface area (TPSA) is 98.9 Å². The fraction of sp³-hybridized carbons (Fsp3) is 0.476. The minimum atomic E-state index is -0.679. The number of benzene rings is 1. The molecule has 8 heteroatoms. The molecule has 0 saturated carbocycles. The van der Waals surface area contributed by atoms with Gasteiger partial charge in [0, 0.05) is 31.9 Å². The number of imide groups is 1. The summed E-state index contributed by atoms with van der Waals surface area (Å²) in [5.41, 5.74) is 1.87. The Labute approximate surface area is 168 Å². The molecule has 29 heavy (non-hydrogen) atoms. The smallest absolute Gasteiger partial charge is 0.329 e.